The van der Waals surface area contributed by atoms with E-state index in [9.17, 15) is 13.2 Å². The van der Waals surface area contributed by atoms with Gasteiger partial charge in [-0.3, -0.25) is 9.10 Å². The highest BCUT2D eigenvalue weighted by molar-refractivity contribution is 7.92. The van der Waals surface area contributed by atoms with E-state index in [2.05, 4.69) is 10.6 Å². The molecule has 0 aromatic heterocycles. The molecule has 0 fully saturated rings. The van der Waals surface area contributed by atoms with E-state index in [0.717, 1.165) is 0 Å². The first-order valence-corrected chi connectivity index (χ1v) is 9.55. The molecule has 0 atom stereocenters. The highest BCUT2D eigenvalue weighted by Gasteiger charge is 2.24. The van der Waals surface area contributed by atoms with Gasteiger partial charge in [0.15, 0.2) is 0 Å². The molecule has 142 valence electrons. The van der Waals surface area contributed by atoms with Gasteiger partial charge in [-0.15, -0.1) is 12.4 Å². The quantitative estimate of drug-likeness (QED) is 0.670. The number of nitrogens with zero attached hydrogens (tertiary/aromatic N) is 1. The molecule has 0 saturated heterocycles. The second-order valence-electron chi connectivity index (χ2n) is 5.39. The molecule has 0 radical (unpaired) electrons. The fraction of sp³-hybridized carbons (Fsp3) is 0.278. The van der Waals surface area contributed by atoms with Crippen molar-refractivity contribution in [2.75, 3.05) is 31.0 Å². The molecule has 6 nitrogen and oxygen atoms in total. The van der Waals surface area contributed by atoms with Gasteiger partial charge in [0.05, 0.1) is 10.6 Å². The van der Waals surface area contributed by atoms with Crippen molar-refractivity contribution in [1.82, 2.24) is 10.6 Å². The van der Waals surface area contributed by atoms with Gasteiger partial charge >= 0.3 is 0 Å². The van der Waals surface area contributed by atoms with Crippen LogP contribution in [-0.4, -0.2) is 41.0 Å². The second kappa shape index (κ2) is 10.2. The van der Waals surface area contributed by atoms with Crippen molar-refractivity contribution in [3.63, 3.8) is 0 Å². The smallest absolute Gasteiger partial charge is 0.264 e. The minimum absolute atomic E-state index is 0. The van der Waals surface area contributed by atoms with Crippen LogP contribution in [0.1, 0.15) is 17.3 Å². The van der Waals surface area contributed by atoms with Gasteiger partial charge in [0.1, 0.15) is 0 Å². The Kier molecular flexibility index (Phi) is 8.57. The number of hydrogen-bond donors (Lipinski definition) is 2. The Morgan fingerprint density at radius 1 is 1.04 bits per heavy atom. The summed E-state index contributed by atoms with van der Waals surface area (Å²) < 4.78 is 27.3. The highest BCUT2D eigenvalue weighted by Crippen LogP contribution is 2.23. The standard InChI is InChI=1S/C18H23N3O3S.ClH/c1-3-21(16-9-5-4-6-10-16)25(23,24)17-11-7-8-15(14-17)18(22)20-13-12-19-2;/h4-11,14,19H,3,12-13H2,1-2H3,(H,20,22);1H. The zero-order chi connectivity index (χ0) is 18.3. The molecular weight excluding hydrogens is 374 g/mol. The van der Waals surface area contributed by atoms with Gasteiger partial charge in [0.25, 0.3) is 15.9 Å². The van der Waals surface area contributed by atoms with Crippen molar-refractivity contribution >= 4 is 34.0 Å². The Balaban J connectivity index is 0.00000338. The molecule has 8 heteroatoms. The van der Waals surface area contributed by atoms with Crippen LogP contribution in [0.15, 0.2) is 59.5 Å². The molecule has 1 amide bonds. The lowest BCUT2D eigenvalue weighted by molar-refractivity contribution is 0.0954. The predicted octanol–water partition coefficient (Wildman–Crippen LogP) is 2.27. The first-order chi connectivity index (χ1) is 12.0. The lowest BCUT2D eigenvalue weighted by atomic mass is 10.2. The number of anilines is 1. The molecule has 0 spiro atoms. The summed E-state index contributed by atoms with van der Waals surface area (Å²) in [6.45, 7) is 3.18. The van der Waals surface area contributed by atoms with Crippen LogP contribution in [0, 0.1) is 0 Å². The van der Waals surface area contributed by atoms with Gasteiger partial charge in [-0.2, -0.15) is 0 Å². The number of carbonyl (C=O) groups is 1. The number of likely N-dealkylation sites (N-methyl/N-ethyl adjacent to an activating group) is 1. The van der Waals surface area contributed by atoms with Gasteiger partial charge < -0.3 is 10.6 Å². The van der Waals surface area contributed by atoms with Gasteiger partial charge in [-0.25, -0.2) is 8.42 Å². The number of carbonyl (C=O) groups excluding carboxylic acids is 1. The molecule has 0 saturated carbocycles. The molecular formula is C18H24ClN3O3S. The molecule has 0 aliphatic carbocycles. The molecule has 0 aliphatic heterocycles. The predicted molar refractivity (Wildman–Crippen MR) is 107 cm³/mol. The van der Waals surface area contributed by atoms with Gasteiger partial charge in [0.2, 0.25) is 0 Å². The summed E-state index contributed by atoms with van der Waals surface area (Å²) in [6, 6.07) is 15.0. The van der Waals surface area contributed by atoms with E-state index in [-0.39, 0.29) is 23.2 Å². The maximum atomic E-state index is 13.0. The van der Waals surface area contributed by atoms with Crippen molar-refractivity contribution in [1.29, 1.82) is 0 Å². The average molecular weight is 398 g/mol. The van der Waals surface area contributed by atoms with Crippen molar-refractivity contribution in [2.24, 2.45) is 0 Å². The number of nitrogens with one attached hydrogen (secondary N) is 2. The van der Waals surface area contributed by atoms with Crippen molar-refractivity contribution < 1.29 is 13.2 Å². The van der Waals surface area contributed by atoms with E-state index in [1.807, 2.05) is 6.07 Å². The average Bonchev–Trinajstić information content (AvgIpc) is 2.63. The Labute approximate surface area is 161 Å². The summed E-state index contributed by atoms with van der Waals surface area (Å²) in [5.74, 6) is -0.296. The van der Waals surface area contributed by atoms with Crippen LogP contribution >= 0.6 is 12.4 Å². The first-order valence-electron chi connectivity index (χ1n) is 8.11. The summed E-state index contributed by atoms with van der Waals surface area (Å²) in [7, 11) is -1.95. The fourth-order valence-corrected chi connectivity index (χ4v) is 3.93. The maximum absolute atomic E-state index is 13.0. The molecule has 0 bridgehead atoms. The zero-order valence-corrected chi connectivity index (χ0v) is 16.4. The van der Waals surface area contributed by atoms with Gasteiger partial charge in [-0.05, 0) is 44.3 Å². The van der Waals surface area contributed by atoms with Crippen LogP contribution in [0.5, 0.6) is 0 Å². The maximum Gasteiger partial charge on any atom is 0.264 e. The second-order valence-corrected chi connectivity index (χ2v) is 7.25. The Morgan fingerprint density at radius 2 is 1.73 bits per heavy atom. The van der Waals surface area contributed by atoms with Gasteiger partial charge in [-0.1, -0.05) is 24.3 Å². The minimum atomic E-state index is -3.74. The fourth-order valence-electron chi connectivity index (χ4n) is 2.41. The molecule has 2 rings (SSSR count). The van der Waals surface area contributed by atoms with E-state index in [4.69, 9.17) is 0 Å². The summed E-state index contributed by atoms with van der Waals surface area (Å²) in [6.07, 6.45) is 0. The number of rotatable bonds is 8. The van der Waals surface area contributed by atoms with Crippen LogP contribution in [0.2, 0.25) is 0 Å². The molecule has 26 heavy (non-hydrogen) atoms. The molecule has 2 aromatic rings. The third kappa shape index (κ3) is 5.20. The summed E-state index contributed by atoms with van der Waals surface area (Å²) in [5, 5.41) is 5.68. The van der Waals surface area contributed by atoms with E-state index in [1.54, 1.807) is 50.4 Å². The van der Waals surface area contributed by atoms with Crippen molar-refractivity contribution in [2.45, 2.75) is 11.8 Å². The van der Waals surface area contributed by atoms with Gasteiger partial charge in [0, 0.05) is 25.2 Å². The largest absolute Gasteiger partial charge is 0.351 e. The van der Waals surface area contributed by atoms with Crippen molar-refractivity contribution in [3.8, 4) is 0 Å². The van der Waals surface area contributed by atoms with E-state index >= 15 is 0 Å². The number of hydrogen-bond acceptors (Lipinski definition) is 4. The summed E-state index contributed by atoms with van der Waals surface area (Å²) in [5.41, 5.74) is 0.912. The molecule has 0 unspecified atom stereocenters. The molecule has 0 heterocycles. The molecule has 2 aromatic carbocycles. The zero-order valence-electron chi connectivity index (χ0n) is 14.8. The first kappa shape index (κ1) is 22.0. The van der Waals surface area contributed by atoms with Crippen LogP contribution in [0.3, 0.4) is 0 Å². The Bertz CT molecular complexity index is 813. The Morgan fingerprint density at radius 3 is 2.35 bits per heavy atom. The van der Waals surface area contributed by atoms with E-state index in [1.165, 1.54) is 16.4 Å². The van der Waals surface area contributed by atoms with E-state index < -0.39 is 10.0 Å². The summed E-state index contributed by atoms with van der Waals surface area (Å²) >= 11 is 0. The van der Waals surface area contributed by atoms with Crippen LogP contribution in [0.25, 0.3) is 0 Å². The van der Waals surface area contributed by atoms with Crippen LogP contribution in [-0.2, 0) is 10.0 Å². The van der Waals surface area contributed by atoms with E-state index in [0.29, 0.717) is 30.9 Å². The minimum Gasteiger partial charge on any atom is -0.351 e. The van der Waals surface area contributed by atoms with Crippen LogP contribution in [0.4, 0.5) is 5.69 Å². The number of sulfonamides is 1. The SMILES string of the molecule is CCN(c1ccccc1)S(=O)(=O)c1cccc(C(=O)NCCNC)c1.Cl. The molecule has 2 N–H and O–H groups in total. The number of benzene rings is 2. The molecule has 0 aliphatic rings. The lowest BCUT2D eigenvalue weighted by Gasteiger charge is -2.23. The third-order valence-electron chi connectivity index (χ3n) is 3.68. The Hall–Kier alpha value is -2.09. The van der Waals surface area contributed by atoms with Crippen LogP contribution < -0.4 is 14.9 Å². The lowest BCUT2D eigenvalue weighted by Crippen LogP contribution is -2.32. The third-order valence-corrected chi connectivity index (χ3v) is 5.58. The number of amides is 1. The summed E-state index contributed by atoms with van der Waals surface area (Å²) in [4.78, 5) is 12.3. The number of para-hydroxylation sites is 1. The topological polar surface area (TPSA) is 78.5 Å². The monoisotopic (exact) mass is 397 g/mol. The normalized spacial score (nSPS) is 10.7. The number of halogens is 1. The highest BCUT2D eigenvalue weighted by atomic mass is 35.5. The van der Waals surface area contributed by atoms with Crippen molar-refractivity contribution in [3.05, 3.63) is 60.2 Å².